The summed E-state index contributed by atoms with van der Waals surface area (Å²) in [6.45, 7) is 2.36. The highest BCUT2D eigenvalue weighted by molar-refractivity contribution is 7.89. The molecule has 8 nitrogen and oxygen atoms in total. The molecule has 140 valence electrons. The number of carbonyl (C=O) groups excluding carboxylic acids is 1. The maximum Gasteiger partial charge on any atom is 0.325 e. The SMILES string of the molecule is CCS(=O)(=O)N1CCc2nc(NC(=O)Nc3ccc(OC)cc3)sc2C1. The molecule has 1 aromatic carbocycles. The number of aromatic nitrogens is 1. The van der Waals surface area contributed by atoms with Crippen LogP contribution < -0.4 is 15.4 Å². The summed E-state index contributed by atoms with van der Waals surface area (Å²) in [7, 11) is -1.65. The molecule has 2 aromatic rings. The molecule has 1 aliphatic rings. The van der Waals surface area contributed by atoms with E-state index in [2.05, 4.69) is 15.6 Å². The van der Waals surface area contributed by atoms with Crippen LogP contribution in [0.5, 0.6) is 5.75 Å². The van der Waals surface area contributed by atoms with Crippen molar-refractivity contribution in [2.45, 2.75) is 19.9 Å². The number of nitrogens with one attached hydrogen (secondary N) is 2. The number of ether oxygens (including phenoxy) is 1. The molecule has 1 aliphatic heterocycles. The van der Waals surface area contributed by atoms with Gasteiger partial charge in [0.25, 0.3) is 0 Å². The zero-order chi connectivity index (χ0) is 18.7. The number of rotatable bonds is 5. The molecular formula is C16H20N4O4S2. The number of amides is 2. The summed E-state index contributed by atoms with van der Waals surface area (Å²) in [5, 5.41) is 5.88. The van der Waals surface area contributed by atoms with Gasteiger partial charge in [0, 0.05) is 30.1 Å². The topological polar surface area (TPSA) is 101 Å². The number of carbonyl (C=O) groups is 1. The van der Waals surface area contributed by atoms with E-state index >= 15 is 0 Å². The van der Waals surface area contributed by atoms with Crippen molar-refractivity contribution in [1.29, 1.82) is 0 Å². The number of urea groups is 1. The van der Waals surface area contributed by atoms with Crippen LogP contribution in [0.25, 0.3) is 0 Å². The van der Waals surface area contributed by atoms with Gasteiger partial charge in [0.15, 0.2) is 5.13 Å². The van der Waals surface area contributed by atoms with Gasteiger partial charge in [0.05, 0.1) is 18.6 Å². The van der Waals surface area contributed by atoms with Gasteiger partial charge >= 0.3 is 6.03 Å². The van der Waals surface area contributed by atoms with Crippen LogP contribution in [0, 0.1) is 0 Å². The van der Waals surface area contributed by atoms with Crippen molar-refractivity contribution in [3.8, 4) is 5.75 Å². The Labute approximate surface area is 156 Å². The molecule has 0 spiro atoms. The van der Waals surface area contributed by atoms with E-state index in [0.717, 1.165) is 10.6 Å². The second kappa shape index (κ2) is 7.60. The van der Waals surface area contributed by atoms with Crippen molar-refractivity contribution in [1.82, 2.24) is 9.29 Å². The summed E-state index contributed by atoms with van der Waals surface area (Å²) in [6.07, 6.45) is 0.548. The molecule has 0 unspecified atom stereocenters. The van der Waals surface area contributed by atoms with Gasteiger partial charge in [-0.15, -0.1) is 0 Å². The molecular weight excluding hydrogens is 376 g/mol. The Hall–Kier alpha value is -2.17. The standard InChI is InChI=1S/C16H20N4O4S2/c1-3-26(22,23)20-9-8-13-14(10-20)25-16(18-13)19-15(21)17-11-4-6-12(24-2)7-5-11/h4-7H,3,8-10H2,1-2H3,(H2,17,18,19,21). The molecule has 0 saturated carbocycles. The molecule has 3 rings (SSSR count). The monoisotopic (exact) mass is 396 g/mol. The molecule has 0 saturated heterocycles. The van der Waals surface area contributed by atoms with Gasteiger partial charge in [-0.1, -0.05) is 11.3 Å². The average Bonchev–Trinajstić information content (AvgIpc) is 3.03. The zero-order valence-electron chi connectivity index (χ0n) is 14.5. The Balaban J connectivity index is 1.64. The summed E-state index contributed by atoms with van der Waals surface area (Å²) in [5.74, 6) is 0.784. The lowest BCUT2D eigenvalue weighted by Crippen LogP contribution is -2.36. The molecule has 0 fully saturated rings. The van der Waals surface area contributed by atoms with E-state index in [1.165, 1.54) is 15.6 Å². The predicted octanol–water partition coefficient (Wildman–Crippen LogP) is 2.50. The fraction of sp³-hybridized carbons (Fsp3) is 0.375. The lowest BCUT2D eigenvalue weighted by Gasteiger charge is -2.24. The molecule has 10 heteroatoms. The second-order valence-corrected chi connectivity index (χ2v) is 9.02. The summed E-state index contributed by atoms with van der Waals surface area (Å²) in [6, 6.07) is 6.57. The number of hydrogen-bond acceptors (Lipinski definition) is 6. The summed E-state index contributed by atoms with van der Waals surface area (Å²) < 4.78 is 30.6. The predicted molar refractivity (Wildman–Crippen MR) is 101 cm³/mol. The third-order valence-electron chi connectivity index (χ3n) is 4.02. The minimum atomic E-state index is -3.22. The Kier molecular flexibility index (Phi) is 5.44. The van der Waals surface area contributed by atoms with Crippen LogP contribution in [0.4, 0.5) is 15.6 Å². The molecule has 0 radical (unpaired) electrons. The van der Waals surface area contributed by atoms with E-state index in [1.807, 2.05) is 0 Å². The first kappa shape index (κ1) is 18.6. The lowest BCUT2D eigenvalue weighted by molar-refractivity contribution is 0.262. The minimum absolute atomic E-state index is 0.0799. The summed E-state index contributed by atoms with van der Waals surface area (Å²) in [4.78, 5) is 17.4. The van der Waals surface area contributed by atoms with Crippen LogP contribution in [0.2, 0.25) is 0 Å². The minimum Gasteiger partial charge on any atom is -0.497 e. The van der Waals surface area contributed by atoms with Gasteiger partial charge in [-0.25, -0.2) is 18.2 Å². The number of anilines is 2. The van der Waals surface area contributed by atoms with Crippen LogP contribution in [0.1, 0.15) is 17.5 Å². The van der Waals surface area contributed by atoms with E-state index in [1.54, 1.807) is 38.3 Å². The highest BCUT2D eigenvalue weighted by Crippen LogP contribution is 2.29. The van der Waals surface area contributed by atoms with E-state index < -0.39 is 16.1 Å². The highest BCUT2D eigenvalue weighted by Gasteiger charge is 2.28. The van der Waals surface area contributed by atoms with Gasteiger partial charge in [-0.2, -0.15) is 4.31 Å². The summed E-state index contributed by atoms with van der Waals surface area (Å²) >= 11 is 1.30. The Morgan fingerprint density at radius 2 is 2.04 bits per heavy atom. The Morgan fingerprint density at radius 3 is 2.69 bits per heavy atom. The number of fused-ring (bicyclic) bond motifs is 1. The number of nitrogens with zero attached hydrogens (tertiary/aromatic N) is 2. The largest absolute Gasteiger partial charge is 0.497 e. The number of sulfonamides is 1. The maximum atomic E-state index is 12.1. The highest BCUT2D eigenvalue weighted by atomic mass is 32.2. The van der Waals surface area contributed by atoms with Gasteiger partial charge in [0.2, 0.25) is 10.0 Å². The van der Waals surface area contributed by atoms with Gasteiger partial charge in [-0.3, -0.25) is 5.32 Å². The smallest absolute Gasteiger partial charge is 0.325 e. The Bertz CT molecular complexity index is 893. The average molecular weight is 396 g/mol. The molecule has 1 aromatic heterocycles. The zero-order valence-corrected chi connectivity index (χ0v) is 16.1. The van der Waals surface area contributed by atoms with Crippen LogP contribution in [0.3, 0.4) is 0 Å². The van der Waals surface area contributed by atoms with Crippen molar-refractivity contribution in [3.05, 3.63) is 34.8 Å². The molecule has 0 aliphatic carbocycles. The molecule has 2 heterocycles. The quantitative estimate of drug-likeness (QED) is 0.809. The van der Waals surface area contributed by atoms with Crippen LogP contribution in [0.15, 0.2) is 24.3 Å². The van der Waals surface area contributed by atoms with Gasteiger partial charge < -0.3 is 10.1 Å². The van der Waals surface area contributed by atoms with Gasteiger partial charge in [0.1, 0.15) is 5.75 Å². The van der Waals surface area contributed by atoms with Gasteiger partial charge in [-0.05, 0) is 31.2 Å². The van der Waals surface area contributed by atoms with E-state index in [4.69, 9.17) is 4.74 Å². The summed E-state index contributed by atoms with van der Waals surface area (Å²) in [5.41, 5.74) is 1.47. The second-order valence-electron chi connectivity index (χ2n) is 5.68. The van der Waals surface area contributed by atoms with Crippen LogP contribution in [-0.2, 0) is 23.0 Å². The fourth-order valence-electron chi connectivity index (χ4n) is 2.58. The molecule has 2 N–H and O–H groups in total. The first-order valence-electron chi connectivity index (χ1n) is 8.09. The molecule has 26 heavy (non-hydrogen) atoms. The van der Waals surface area contributed by atoms with E-state index in [0.29, 0.717) is 36.1 Å². The maximum absolute atomic E-state index is 12.1. The third-order valence-corrected chi connectivity index (χ3v) is 6.85. The number of methoxy groups -OCH3 is 1. The third kappa shape index (κ3) is 4.14. The van der Waals surface area contributed by atoms with E-state index in [9.17, 15) is 13.2 Å². The molecule has 0 atom stereocenters. The van der Waals surface area contributed by atoms with Crippen molar-refractivity contribution in [3.63, 3.8) is 0 Å². The van der Waals surface area contributed by atoms with Crippen molar-refractivity contribution in [2.75, 3.05) is 30.0 Å². The first-order valence-corrected chi connectivity index (χ1v) is 10.5. The Morgan fingerprint density at radius 1 is 1.31 bits per heavy atom. The van der Waals surface area contributed by atoms with Crippen LogP contribution >= 0.6 is 11.3 Å². The lowest BCUT2D eigenvalue weighted by atomic mass is 10.2. The normalized spacial score (nSPS) is 14.5. The molecule has 0 bridgehead atoms. The molecule has 2 amide bonds. The van der Waals surface area contributed by atoms with Crippen molar-refractivity contribution < 1.29 is 17.9 Å². The van der Waals surface area contributed by atoms with Crippen molar-refractivity contribution >= 4 is 38.2 Å². The number of benzene rings is 1. The number of thiazole rings is 1. The first-order chi connectivity index (χ1) is 12.4. The van der Waals surface area contributed by atoms with Crippen molar-refractivity contribution in [2.24, 2.45) is 0 Å². The number of hydrogen-bond donors (Lipinski definition) is 2. The fourth-order valence-corrected chi connectivity index (χ4v) is 4.74. The van der Waals surface area contributed by atoms with Crippen LogP contribution in [-0.4, -0.2) is 43.1 Å². The van der Waals surface area contributed by atoms with E-state index in [-0.39, 0.29) is 5.75 Å².